The Kier molecular flexibility index (Phi) is 8.94. The highest BCUT2D eigenvalue weighted by atomic mass is 16.1. The SMILES string of the molecule is CNCCCCCCN[C]=O. The second kappa shape index (κ2) is 9.43. The third-order valence-corrected chi connectivity index (χ3v) is 1.55. The summed E-state index contributed by atoms with van der Waals surface area (Å²) in [6.45, 7) is 1.86. The number of unbranched alkanes of at least 4 members (excludes halogenated alkanes) is 3. The van der Waals surface area contributed by atoms with Gasteiger partial charge < -0.3 is 10.6 Å². The van der Waals surface area contributed by atoms with Crippen molar-refractivity contribution in [3.8, 4) is 0 Å². The molecular weight excluding hydrogens is 140 g/mol. The lowest BCUT2D eigenvalue weighted by Crippen LogP contribution is -2.12. The molecule has 0 saturated carbocycles. The Hall–Kier alpha value is -0.570. The topological polar surface area (TPSA) is 41.1 Å². The van der Waals surface area contributed by atoms with E-state index in [1.54, 1.807) is 6.41 Å². The van der Waals surface area contributed by atoms with E-state index in [0.717, 1.165) is 19.5 Å². The Labute approximate surface area is 68.6 Å². The average molecular weight is 157 g/mol. The molecule has 1 amide bonds. The Bertz CT molecular complexity index is 86.2. The van der Waals surface area contributed by atoms with Crippen LogP contribution in [0.4, 0.5) is 0 Å². The molecule has 0 spiro atoms. The molecule has 0 aliphatic carbocycles. The molecule has 3 heteroatoms. The summed E-state index contributed by atoms with van der Waals surface area (Å²) < 4.78 is 0. The van der Waals surface area contributed by atoms with Crippen molar-refractivity contribution in [3.63, 3.8) is 0 Å². The van der Waals surface area contributed by atoms with Crippen LogP contribution >= 0.6 is 0 Å². The zero-order valence-electron chi connectivity index (χ0n) is 7.15. The molecule has 0 aromatic heterocycles. The Morgan fingerprint density at radius 1 is 1.09 bits per heavy atom. The molecule has 0 aliphatic rings. The molecule has 0 rings (SSSR count). The van der Waals surface area contributed by atoms with Crippen LogP contribution in [0.2, 0.25) is 0 Å². The van der Waals surface area contributed by atoms with Gasteiger partial charge in [0.1, 0.15) is 0 Å². The summed E-state index contributed by atoms with van der Waals surface area (Å²) >= 11 is 0. The van der Waals surface area contributed by atoms with Crippen LogP contribution in [0.3, 0.4) is 0 Å². The lowest BCUT2D eigenvalue weighted by molar-refractivity contribution is 0.536. The normalized spacial score (nSPS) is 9.55. The van der Waals surface area contributed by atoms with Crippen LogP contribution in [0.1, 0.15) is 25.7 Å². The summed E-state index contributed by atoms with van der Waals surface area (Å²) in [5.41, 5.74) is 0. The highest BCUT2D eigenvalue weighted by molar-refractivity contribution is 5.46. The van der Waals surface area contributed by atoms with Crippen molar-refractivity contribution < 1.29 is 4.79 Å². The van der Waals surface area contributed by atoms with E-state index in [4.69, 9.17) is 0 Å². The standard InChI is InChI=1S/C8H17N2O/c1-9-6-4-2-3-5-7-10-8-11/h9H,2-7H2,1H3,(H,10,11). The maximum atomic E-state index is 9.69. The van der Waals surface area contributed by atoms with Crippen molar-refractivity contribution in [2.45, 2.75) is 25.7 Å². The van der Waals surface area contributed by atoms with Crippen molar-refractivity contribution >= 4 is 6.41 Å². The highest BCUT2D eigenvalue weighted by Crippen LogP contribution is 1.96. The van der Waals surface area contributed by atoms with Crippen molar-refractivity contribution in [1.29, 1.82) is 0 Å². The molecular formula is C8H17N2O. The largest absolute Gasteiger partial charge is 0.348 e. The molecule has 0 bridgehead atoms. The van der Waals surface area contributed by atoms with Gasteiger partial charge in [0, 0.05) is 6.54 Å². The van der Waals surface area contributed by atoms with Gasteiger partial charge in [0.05, 0.1) is 0 Å². The lowest BCUT2D eigenvalue weighted by atomic mass is 10.2. The van der Waals surface area contributed by atoms with Crippen molar-refractivity contribution in [2.24, 2.45) is 0 Å². The van der Waals surface area contributed by atoms with Crippen LogP contribution in [0.15, 0.2) is 0 Å². The van der Waals surface area contributed by atoms with Crippen LogP contribution in [0.5, 0.6) is 0 Å². The van der Waals surface area contributed by atoms with Crippen molar-refractivity contribution in [2.75, 3.05) is 20.1 Å². The van der Waals surface area contributed by atoms with Gasteiger partial charge in [-0.3, -0.25) is 4.79 Å². The molecule has 1 radical (unpaired) electrons. The van der Waals surface area contributed by atoms with Gasteiger partial charge in [-0.25, -0.2) is 0 Å². The quantitative estimate of drug-likeness (QED) is 0.396. The molecule has 0 unspecified atom stereocenters. The molecule has 0 atom stereocenters. The zero-order chi connectivity index (χ0) is 8.36. The van der Waals surface area contributed by atoms with E-state index in [-0.39, 0.29) is 0 Å². The first kappa shape index (κ1) is 10.4. The molecule has 0 fully saturated rings. The van der Waals surface area contributed by atoms with E-state index in [1.807, 2.05) is 7.05 Å². The Morgan fingerprint density at radius 2 is 1.73 bits per heavy atom. The minimum Gasteiger partial charge on any atom is -0.348 e. The van der Waals surface area contributed by atoms with Crippen LogP contribution in [-0.2, 0) is 4.79 Å². The van der Waals surface area contributed by atoms with Crippen LogP contribution in [0.25, 0.3) is 0 Å². The van der Waals surface area contributed by atoms with Gasteiger partial charge in [-0.05, 0) is 26.4 Å². The number of amides is 1. The molecule has 0 aromatic carbocycles. The maximum Gasteiger partial charge on any atom is 0.309 e. The third kappa shape index (κ3) is 9.43. The fourth-order valence-corrected chi connectivity index (χ4v) is 0.920. The number of hydrogen-bond donors (Lipinski definition) is 2. The van der Waals surface area contributed by atoms with E-state index < -0.39 is 0 Å². The first-order valence-corrected chi connectivity index (χ1v) is 4.16. The number of nitrogens with one attached hydrogen (secondary N) is 2. The molecule has 0 heterocycles. The minimum absolute atomic E-state index is 0.767. The lowest BCUT2D eigenvalue weighted by Gasteiger charge is -1.99. The van der Waals surface area contributed by atoms with E-state index in [9.17, 15) is 4.79 Å². The summed E-state index contributed by atoms with van der Waals surface area (Å²) in [6.07, 6.45) is 6.38. The predicted octanol–water partition coefficient (Wildman–Crippen LogP) is 0.423. The van der Waals surface area contributed by atoms with E-state index in [0.29, 0.717) is 0 Å². The first-order chi connectivity index (χ1) is 5.41. The third-order valence-electron chi connectivity index (χ3n) is 1.55. The summed E-state index contributed by atoms with van der Waals surface area (Å²) in [4.78, 5) is 9.69. The molecule has 0 aliphatic heterocycles. The van der Waals surface area contributed by atoms with E-state index in [2.05, 4.69) is 10.6 Å². The van der Waals surface area contributed by atoms with Gasteiger partial charge in [-0.1, -0.05) is 12.8 Å². The van der Waals surface area contributed by atoms with Gasteiger partial charge in [0.15, 0.2) is 0 Å². The monoisotopic (exact) mass is 157 g/mol. The van der Waals surface area contributed by atoms with Gasteiger partial charge in [0.25, 0.3) is 0 Å². The Morgan fingerprint density at radius 3 is 2.27 bits per heavy atom. The van der Waals surface area contributed by atoms with Gasteiger partial charge in [-0.15, -0.1) is 0 Å². The summed E-state index contributed by atoms with van der Waals surface area (Å²) in [7, 11) is 1.96. The van der Waals surface area contributed by atoms with Gasteiger partial charge in [0.2, 0.25) is 0 Å². The summed E-state index contributed by atoms with van der Waals surface area (Å²) in [5.74, 6) is 0. The van der Waals surface area contributed by atoms with E-state index in [1.165, 1.54) is 19.3 Å². The summed E-state index contributed by atoms with van der Waals surface area (Å²) in [5, 5.41) is 5.61. The molecule has 3 nitrogen and oxygen atoms in total. The fraction of sp³-hybridized carbons (Fsp3) is 0.875. The van der Waals surface area contributed by atoms with Crippen LogP contribution < -0.4 is 10.6 Å². The molecule has 11 heavy (non-hydrogen) atoms. The van der Waals surface area contributed by atoms with E-state index >= 15 is 0 Å². The molecule has 2 N–H and O–H groups in total. The maximum absolute atomic E-state index is 9.69. The second-order valence-corrected chi connectivity index (χ2v) is 2.55. The van der Waals surface area contributed by atoms with Gasteiger partial charge in [-0.2, -0.15) is 0 Å². The summed E-state index contributed by atoms with van der Waals surface area (Å²) in [6, 6.07) is 0. The van der Waals surface area contributed by atoms with Crippen LogP contribution in [-0.4, -0.2) is 26.5 Å². The smallest absolute Gasteiger partial charge is 0.309 e. The van der Waals surface area contributed by atoms with Crippen molar-refractivity contribution in [1.82, 2.24) is 10.6 Å². The zero-order valence-corrected chi connectivity index (χ0v) is 7.15. The molecule has 65 valence electrons. The van der Waals surface area contributed by atoms with Crippen LogP contribution in [0, 0.1) is 0 Å². The molecule has 0 aromatic rings. The Balaban J connectivity index is 2.74. The fourth-order valence-electron chi connectivity index (χ4n) is 0.920. The second-order valence-electron chi connectivity index (χ2n) is 2.55. The number of carbonyl (C=O) groups excluding carboxylic acids is 1. The minimum atomic E-state index is 0.767. The number of rotatable bonds is 8. The predicted molar refractivity (Wildman–Crippen MR) is 46.1 cm³/mol. The van der Waals surface area contributed by atoms with Crippen molar-refractivity contribution in [3.05, 3.63) is 0 Å². The van der Waals surface area contributed by atoms with Gasteiger partial charge >= 0.3 is 6.41 Å². The number of hydrogen-bond acceptors (Lipinski definition) is 2. The highest BCUT2D eigenvalue weighted by Gasteiger charge is 1.88. The average Bonchev–Trinajstić information content (AvgIpc) is 2.03. The molecule has 0 saturated heterocycles. The first-order valence-electron chi connectivity index (χ1n) is 4.16.